The van der Waals surface area contributed by atoms with Crippen molar-refractivity contribution in [3.05, 3.63) is 46.8 Å². The number of halogens is 2. The quantitative estimate of drug-likeness (QED) is 0.512. The number of aromatic nitrogens is 3. The van der Waals surface area contributed by atoms with Crippen LogP contribution in [0.4, 0.5) is 8.78 Å². The molecule has 0 aliphatic heterocycles. The van der Waals surface area contributed by atoms with E-state index in [4.69, 9.17) is 4.74 Å². The molecule has 31 heavy (non-hydrogen) atoms. The molecule has 3 unspecified atom stereocenters. The molecule has 1 aliphatic rings. The van der Waals surface area contributed by atoms with Crippen LogP contribution in [0.25, 0.3) is 0 Å². The van der Waals surface area contributed by atoms with Crippen LogP contribution in [-0.2, 0) is 23.5 Å². The predicted octanol–water partition coefficient (Wildman–Crippen LogP) is 5.88. The van der Waals surface area contributed by atoms with Gasteiger partial charge in [0.2, 0.25) is 0 Å². The summed E-state index contributed by atoms with van der Waals surface area (Å²) in [7, 11) is 0. The maximum absolute atomic E-state index is 15.6. The number of benzene rings is 1. The first-order valence-electron chi connectivity index (χ1n) is 11.4. The number of nitrogens with zero attached hydrogens (tertiary/aromatic N) is 3. The van der Waals surface area contributed by atoms with E-state index in [0.29, 0.717) is 24.1 Å². The lowest BCUT2D eigenvalue weighted by Crippen LogP contribution is -2.31. The van der Waals surface area contributed by atoms with E-state index in [0.717, 1.165) is 31.2 Å². The highest BCUT2D eigenvalue weighted by Gasteiger charge is 2.46. The van der Waals surface area contributed by atoms with Crippen molar-refractivity contribution in [1.29, 1.82) is 0 Å². The summed E-state index contributed by atoms with van der Waals surface area (Å²) in [4.78, 5) is 12.2. The molecule has 1 heterocycles. The van der Waals surface area contributed by atoms with Crippen molar-refractivity contribution in [2.45, 2.75) is 90.7 Å². The number of carbonyl (C=O) groups excluding carboxylic acids is 1. The zero-order valence-electron chi connectivity index (χ0n) is 18.9. The summed E-state index contributed by atoms with van der Waals surface area (Å²) in [5.74, 6) is -4.29. The van der Waals surface area contributed by atoms with Gasteiger partial charge >= 0.3 is 5.97 Å². The third kappa shape index (κ3) is 5.13. The Morgan fingerprint density at radius 3 is 2.55 bits per heavy atom. The summed E-state index contributed by atoms with van der Waals surface area (Å²) in [6.07, 6.45) is 4.24. The molecule has 3 rings (SSSR count). The van der Waals surface area contributed by atoms with Crippen LogP contribution < -0.4 is 0 Å². The minimum atomic E-state index is -3.05. The Labute approximate surface area is 183 Å². The molecular weight excluding hydrogens is 400 g/mol. The molecule has 1 aromatic heterocycles. The van der Waals surface area contributed by atoms with E-state index < -0.39 is 11.8 Å². The first-order chi connectivity index (χ1) is 14.8. The Balaban J connectivity index is 1.80. The van der Waals surface area contributed by atoms with Crippen molar-refractivity contribution < 1.29 is 18.3 Å². The number of carbonyl (C=O) groups is 1. The number of alkyl halides is 2. The van der Waals surface area contributed by atoms with Crippen molar-refractivity contribution in [1.82, 2.24) is 15.0 Å². The van der Waals surface area contributed by atoms with Gasteiger partial charge in [0.05, 0.1) is 23.4 Å². The maximum Gasteiger partial charge on any atom is 0.338 e. The fraction of sp³-hybridized carbons (Fsp3) is 0.625. The number of hydrogen-bond donors (Lipinski definition) is 0. The molecule has 7 heteroatoms. The zero-order valence-corrected chi connectivity index (χ0v) is 18.9. The smallest absolute Gasteiger partial charge is 0.338 e. The lowest BCUT2D eigenvalue weighted by Gasteiger charge is -2.29. The third-order valence-corrected chi connectivity index (χ3v) is 6.40. The Morgan fingerprint density at radius 1 is 1.19 bits per heavy atom. The number of rotatable bonds is 7. The van der Waals surface area contributed by atoms with E-state index in [1.807, 2.05) is 27.7 Å². The van der Waals surface area contributed by atoms with Crippen LogP contribution in [0.15, 0.2) is 24.3 Å². The van der Waals surface area contributed by atoms with Crippen LogP contribution in [0, 0.1) is 5.92 Å². The monoisotopic (exact) mass is 433 g/mol. The highest BCUT2D eigenvalue weighted by Crippen LogP contribution is 2.43. The fourth-order valence-electron chi connectivity index (χ4n) is 4.02. The first-order valence-corrected chi connectivity index (χ1v) is 11.4. The molecule has 2 aromatic rings. The van der Waals surface area contributed by atoms with Crippen LogP contribution in [0.3, 0.4) is 0 Å². The molecule has 0 radical (unpaired) electrons. The average molecular weight is 434 g/mol. The minimum Gasteiger partial charge on any atom is -0.459 e. The van der Waals surface area contributed by atoms with Gasteiger partial charge in [-0.15, -0.1) is 5.10 Å². The van der Waals surface area contributed by atoms with Gasteiger partial charge in [0.25, 0.3) is 5.92 Å². The van der Waals surface area contributed by atoms with E-state index in [1.54, 1.807) is 28.9 Å². The molecule has 170 valence electrons. The zero-order chi connectivity index (χ0) is 22.6. The maximum atomic E-state index is 15.6. The summed E-state index contributed by atoms with van der Waals surface area (Å²) in [5.41, 5.74) is 1.63. The van der Waals surface area contributed by atoms with Crippen LogP contribution in [0.2, 0.25) is 0 Å². The first kappa shape index (κ1) is 23.4. The Kier molecular flexibility index (Phi) is 7.44. The van der Waals surface area contributed by atoms with Gasteiger partial charge in [-0.2, -0.15) is 8.78 Å². The van der Waals surface area contributed by atoms with E-state index in [2.05, 4.69) is 10.3 Å². The van der Waals surface area contributed by atoms with Crippen LogP contribution in [0.5, 0.6) is 0 Å². The number of fused-ring (bicyclic) bond motifs is 1. The highest BCUT2D eigenvalue weighted by molar-refractivity contribution is 5.89. The largest absolute Gasteiger partial charge is 0.459 e. The van der Waals surface area contributed by atoms with E-state index in [-0.39, 0.29) is 30.2 Å². The fourth-order valence-corrected chi connectivity index (χ4v) is 4.02. The summed E-state index contributed by atoms with van der Waals surface area (Å²) < 4.78 is 38.2. The topological polar surface area (TPSA) is 57.0 Å². The van der Waals surface area contributed by atoms with Gasteiger partial charge in [-0.05, 0) is 70.1 Å². The SMILES string of the molecule is CCC(C)OC(=O)c1ccc(CC2CCCCc3c(nnn3C(C)CC)C2(F)F)cc1. The van der Waals surface area contributed by atoms with E-state index >= 15 is 8.78 Å². The second kappa shape index (κ2) is 9.88. The summed E-state index contributed by atoms with van der Waals surface area (Å²) in [6.45, 7) is 7.79. The minimum absolute atomic E-state index is 0.0488. The standard InChI is InChI=1S/C24H33F2N3O2/c1-5-16(3)29-21-10-8-7-9-20(24(25,26)22(21)27-28-29)15-18-11-13-19(14-12-18)23(30)31-17(4)6-2/h11-14,16-17,20H,5-10,15H2,1-4H3. The van der Waals surface area contributed by atoms with Gasteiger partial charge in [-0.25, -0.2) is 9.48 Å². The summed E-state index contributed by atoms with van der Waals surface area (Å²) in [5, 5.41) is 8.03. The molecule has 0 fully saturated rings. The number of esters is 1. The molecule has 0 N–H and O–H groups in total. The Hall–Kier alpha value is -2.31. The van der Waals surface area contributed by atoms with Gasteiger partial charge in [0, 0.05) is 5.92 Å². The van der Waals surface area contributed by atoms with Crippen molar-refractivity contribution in [2.75, 3.05) is 0 Å². The molecule has 5 nitrogen and oxygen atoms in total. The molecule has 0 saturated carbocycles. The highest BCUT2D eigenvalue weighted by atomic mass is 19.3. The number of ether oxygens (including phenoxy) is 1. The van der Waals surface area contributed by atoms with Crippen LogP contribution in [0.1, 0.15) is 93.2 Å². The van der Waals surface area contributed by atoms with Gasteiger partial charge in [-0.1, -0.05) is 37.6 Å². The lowest BCUT2D eigenvalue weighted by molar-refractivity contribution is -0.0751. The van der Waals surface area contributed by atoms with Gasteiger partial charge in [0.1, 0.15) is 0 Å². The molecule has 3 atom stereocenters. The average Bonchev–Trinajstić information content (AvgIpc) is 3.19. The van der Waals surface area contributed by atoms with Crippen molar-refractivity contribution >= 4 is 5.97 Å². The second-order valence-corrected chi connectivity index (χ2v) is 8.68. The molecule has 1 aliphatic carbocycles. The Morgan fingerprint density at radius 2 is 1.90 bits per heavy atom. The molecule has 1 aromatic carbocycles. The predicted molar refractivity (Wildman–Crippen MR) is 115 cm³/mol. The van der Waals surface area contributed by atoms with Crippen molar-refractivity contribution in [3.8, 4) is 0 Å². The van der Waals surface area contributed by atoms with Gasteiger partial charge in [0.15, 0.2) is 5.69 Å². The van der Waals surface area contributed by atoms with Gasteiger partial charge in [-0.3, -0.25) is 0 Å². The molecule has 0 saturated heterocycles. The molecule has 0 amide bonds. The number of hydrogen-bond acceptors (Lipinski definition) is 4. The van der Waals surface area contributed by atoms with E-state index in [1.165, 1.54) is 0 Å². The van der Waals surface area contributed by atoms with Gasteiger partial charge < -0.3 is 4.74 Å². The van der Waals surface area contributed by atoms with Crippen molar-refractivity contribution in [3.63, 3.8) is 0 Å². The third-order valence-electron chi connectivity index (χ3n) is 6.40. The lowest BCUT2D eigenvalue weighted by atomic mass is 9.83. The van der Waals surface area contributed by atoms with E-state index in [9.17, 15) is 4.79 Å². The second-order valence-electron chi connectivity index (χ2n) is 8.68. The summed E-state index contributed by atoms with van der Waals surface area (Å²) >= 11 is 0. The Bertz CT molecular complexity index is 879. The molecule has 0 bridgehead atoms. The van der Waals surface area contributed by atoms with Crippen molar-refractivity contribution in [2.24, 2.45) is 5.92 Å². The molecular formula is C24H33F2N3O2. The van der Waals surface area contributed by atoms with Crippen LogP contribution >= 0.6 is 0 Å². The summed E-state index contributed by atoms with van der Waals surface area (Å²) in [6, 6.07) is 6.86. The molecule has 0 spiro atoms. The van der Waals surface area contributed by atoms with Crippen LogP contribution in [-0.4, -0.2) is 27.1 Å². The normalized spacial score (nSPS) is 20.3.